The molecular weight excluding hydrogens is 220 g/mol. The predicted molar refractivity (Wildman–Crippen MR) is 59.2 cm³/mol. The minimum absolute atomic E-state index is 0.284. The molecule has 0 aromatic carbocycles. The van der Waals surface area contributed by atoms with Gasteiger partial charge in [-0.05, 0) is 12.5 Å². The van der Waals surface area contributed by atoms with Gasteiger partial charge < -0.3 is 17.7 Å². The van der Waals surface area contributed by atoms with Gasteiger partial charge in [0.05, 0.1) is 13.2 Å². The molecule has 0 amide bonds. The zero-order valence-electron chi connectivity index (χ0n) is 8.16. The molecule has 0 bridgehead atoms. The van der Waals surface area contributed by atoms with Crippen molar-refractivity contribution in [2.45, 2.75) is 18.6 Å². The van der Waals surface area contributed by atoms with E-state index in [-0.39, 0.29) is 9.76 Å². The van der Waals surface area contributed by atoms with Crippen molar-refractivity contribution >= 4 is 30.3 Å². The summed E-state index contributed by atoms with van der Waals surface area (Å²) in [6, 6.07) is 1.21. The van der Waals surface area contributed by atoms with Gasteiger partial charge in [0.25, 0.3) is 10.0 Å². The van der Waals surface area contributed by atoms with E-state index in [1.807, 2.05) is 0 Å². The molecule has 1 aliphatic rings. The SMILES string of the molecule is [SiH3]O[SiH2]O[SiH2]CCCOCC1CO1. The summed E-state index contributed by atoms with van der Waals surface area (Å²) < 4.78 is 20.9. The summed E-state index contributed by atoms with van der Waals surface area (Å²) in [6.45, 7) is 2.53. The van der Waals surface area contributed by atoms with Gasteiger partial charge >= 0.3 is 0 Å². The van der Waals surface area contributed by atoms with E-state index < -0.39 is 10.0 Å². The largest absolute Gasteiger partial charge is 0.449 e. The predicted octanol–water partition coefficient (Wildman–Crippen LogP) is -2.39. The molecule has 1 atom stereocenters. The molecule has 1 saturated heterocycles. The van der Waals surface area contributed by atoms with Crippen LogP contribution < -0.4 is 0 Å². The highest BCUT2D eigenvalue weighted by Gasteiger charge is 2.21. The van der Waals surface area contributed by atoms with E-state index in [1.54, 1.807) is 0 Å². The van der Waals surface area contributed by atoms with Gasteiger partial charge in [-0.3, -0.25) is 0 Å². The molecule has 0 aliphatic carbocycles. The Morgan fingerprint density at radius 2 is 2.38 bits per heavy atom. The van der Waals surface area contributed by atoms with E-state index in [0.717, 1.165) is 36.7 Å². The summed E-state index contributed by atoms with van der Waals surface area (Å²) in [5.74, 6) is 0. The van der Waals surface area contributed by atoms with Crippen LogP contribution in [0.3, 0.4) is 0 Å². The molecule has 0 saturated carbocycles. The third-order valence-corrected chi connectivity index (χ3v) is 5.29. The van der Waals surface area contributed by atoms with Crippen LogP contribution in [0.4, 0.5) is 0 Å². The highest BCUT2D eigenvalue weighted by Crippen LogP contribution is 2.08. The van der Waals surface area contributed by atoms with Crippen molar-refractivity contribution in [2.24, 2.45) is 0 Å². The summed E-state index contributed by atoms with van der Waals surface area (Å²) in [6.07, 6.45) is 1.54. The second-order valence-corrected chi connectivity index (χ2v) is 8.35. The average molecular weight is 238 g/mol. The lowest BCUT2D eigenvalue weighted by Crippen LogP contribution is -2.08. The van der Waals surface area contributed by atoms with Crippen molar-refractivity contribution < 1.29 is 17.7 Å². The van der Waals surface area contributed by atoms with Crippen LogP contribution in [0.5, 0.6) is 0 Å². The molecule has 7 heteroatoms. The fraction of sp³-hybridized carbons (Fsp3) is 1.00. The van der Waals surface area contributed by atoms with E-state index in [4.69, 9.17) is 17.7 Å². The minimum atomic E-state index is -0.558. The summed E-state index contributed by atoms with van der Waals surface area (Å²) in [5.41, 5.74) is 0. The van der Waals surface area contributed by atoms with Gasteiger partial charge in [-0.2, -0.15) is 0 Å². The third-order valence-electron chi connectivity index (χ3n) is 1.73. The number of ether oxygens (including phenoxy) is 2. The Morgan fingerprint density at radius 3 is 3.08 bits per heavy atom. The van der Waals surface area contributed by atoms with Gasteiger partial charge in [-0.25, -0.2) is 0 Å². The Labute approximate surface area is 86.8 Å². The van der Waals surface area contributed by atoms with Crippen LogP contribution in [0.15, 0.2) is 0 Å². The first kappa shape index (κ1) is 11.6. The molecule has 1 rings (SSSR count). The fourth-order valence-corrected chi connectivity index (χ4v) is 4.79. The van der Waals surface area contributed by atoms with Crippen molar-refractivity contribution in [1.29, 1.82) is 0 Å². The Bertz CT molecular complexity index is 122. The van der Waals surface area contributed by atoms with Gasteiger partial charge in [-0.1, -0.05) is 0 Å². The molecule has 0 N–H and O–H groups in total. The van der Waals surface area contributed by atoms with Crippen LogP contribution in [0.2, 0.25) is 6.04 Å². The number of hydrogen-bond donors (Lipinski definition) is 0. The number of epoxide rings is 1. The summed E-state index contributed by atoms with van der Waals surface area (Å²) >= 11 is 0. The van der Waals surface area contributed by atoms with Crippen molar-refractivity contribution in [3.05, 3.63) is 0 Å². The van der Waals surface area contributed by atoms with Crippen LogP contribution in [0, 0.1) is 0 Å². The highest BCUT2D eigenvalue weighted by atomic mass is 28.3. The lowest BCUT2D eigenvalue weighted by molar-refractivity contribution is 0.117. The summed E-state index contributed by atoms with van der Waals surface area (Å²) in [4.78, 5) is 0. The van der Waals surface area contributed by atoms with Crippen molar-refractivity contribution in [3.8, 4) is 0 Å². The quantitative estimate of drug-likeness (QED) is 0.255. The lowest BCUT2D eigenvalue weighted by atomic mass is 10.5. The molecule has 1 fully saturated rings. The zero-order chi connectivity index (χ0) is 9.36. The van der Waals surface area contributed by atoms with E-state index in [1.165, 1.54) is 6.04 Å². The maximum absolute atomic E-state index is 5.43. The van der Waals surface area contributed by atoms with Gasteiger partial charge in [0.2, 0.25) is 0 Å². The third kappa shape index (κ3) is 7.55. The van der Waals surface area contributed by atoms with E-state index >= 15 is 0 Å². The Morgan fingerprint density at radius 1 is 1.54 bits per heavy atom. The second-order valence-electron chi connectivity index (χ2n) is 3.05. The molecule has 0 radical (unpaired) electrons. The zero-order valence-corrected chi connectivity index (χ0v) is 13.0. The van der Waals surface area contributed by atoms with Crippen LogP contribution in [-0.4, -0.2) is 56.2 Å². The van der Waals surface area contributed by atoms with Crippen molar-refractivity contribution in [1.82, 2.24) is 0 Å². The monoisotopic (exact) mass is 238 g/mol. The van der Waals surface area contributed by atoms with Crippen LogP contribution in [0.1, 0.15) is 6.42 Å². The van der Waals surface area contributed by atoms with Crippen LogP contribution in [0.25, 0.3) is 0 Å². The molecule has 0 aromatic heterocycles. The summed E-state index contributed by atoms with van der Waals surface area (Å²) in [7, 11) is -0.00730. The molecule has 78 valence electrons. The molecule has 0 spiro atoms. The molecule has 1 aliphatic heterocycles. The highest BCUT2D eigenvalue weighted by molar-refractivity contribution is 6.41. The van der Waals surface area contributed by atoms with E-state index in [2.05, 4.69) is 0 Å². The topological polar surface area (TPSA) is 40.2 Å². The maximum atomic E-state index is 5.43. The van der Waals surface area contributed by atoms with Gasteiger partial charge in [0, 0.05) is 6.61 Å². The first-order valence-corrected chi connectivity index (χ1v) is 8.24. The first-order valence-electron chi connectivity index (χ1n) is 4.69. The fourth-order valence-electron chi connectivity index (χ4n) is 0.930. The van der Waals surface area contributed by atoms with E-state index in [9.17, 15) is 0 Å². The molecule has 13 heavy (non-hydrogen) atoms. The van der Waals surface area contributed by atoms with Crippen LogP contribution >= 0.6 is 0 Å². The van der Waals surface area contributed by atoms with Crippen LogP contribution in [-0.2, 0) is 17.7 Å². The normalized spacial score (nSPS) is 22.6. The first-order chi connectivity index (χ1) is 6.43. The second kappa shape index (κ2) is 7.85. The standard InChI is InChI=1S/C6H18O4Si3/c11-9-13-10-12-3-1-2-7-4-6-5-8-6/h6H,1-5,12-13H2,11H3. The Kier molecular flexibility index (Phi) is 6.99. The Hall–Kier alpha value is 0.491. The molecule has 4 nitrogen and oxygen atoms in total. The molecule has 0 aromatic rings. The van der Waals surface area contributed by atoms with Gasteiger partial charge in [-0.15, -0.1) is 0 Å². The molecule has 1 unspecified atom stereocenters. The minimum Gasteiger partial charge on any atom is -0.449 e. The number of rotatable bonds is 9. The summed E-state index contributed by atoms with van der Waals surface area (Å²) in [5, 5.41) is 0. The maximum Gasteiger partial charge on any atom is 0.282 e. The van der Waals surface area contributed by atoms with Gasteiger partial charge in [0.1, 0.15) is 26.4 Å². The smallest absolute Gasteiger partial charge is 0.282 e. The number of hydrogen-bond acceptors (Lipinski definition) is 4. The van der Waals surface area contributed by atoms with Crippen molar-refractivity contribution in [3.63, 3.8) is 0 Å². The average Bonchev–Trinajstić information content (AvgIpc) is 2.93. The van der Waals surface area contributed by atoms with Crippen molar-refractivity contribution in [2.75, 3.05) is 19.8 Å². The molecular formula is C6H18O4Si3. The van der Waals surface area contributed by atoms with E-state index in [0.29, 0.717) is 6.10 Å². The molecule has 1 heterocycles. The Balaban J connectivity index is 1.63. The van der Waals surface area contributed by atoms with Gasteiger partial charge in [0.15, 0.2) is 0 Å². The lowest BCUT2D eigenvalue weighted by Gasteiger charge is -2.02.